The highest BCUT2D eigenvalue weighted by Crippen LogP contribution is 2.29. The molecule has 0 aliphatic rings. The van der Waals surface area contributed by atoms with Gasteiger partial charge in [-0.15, -0.1) is 0 Å². The minimum Gasteiger partial charge on any atom is -0.497 e. The lowest BCUT2D eigenvalue weighted by Crippen LogP contribution is -2.32. The number of methoxy groups -OCH3 is 1. The van der Waals surface area contributed by atoms with E-state index in [0.29, 0.717) is 13.0 Å². The normalized spacial score (nSPS) is 12.3. The van der Waals surface area contributed by atoms with E-state index in [1.54, 1.807) is 13.3 Å². The largest absolute Gasteiger partial charge is 0.497 e. The van der Waals surface area contributed by atoms with E-state index in [4.69, 9.17) is 9.72 Å². The summed E-state index contributed by atoms with van der Waals surface area (Å²) in [6.07, 6.45) is 5.11. The van der Waals surface area contributed by atoms with Gasteiger partial charge in [-0.2, -0.15) is 0 Å². The zero-order valence-electron chi connectivity index (χ0n) is 22.8. The second-order valence-electron chi connectivity index (χ2n) is 10.7. The number of benzene rings is 3. The molecule has 1 unspecified atom stereocenters. The minimum absolute atomic E-state index is 0.0736. The summed E-state index contributed by atoms with van der Waals surface area (Å²) in [5, 5.41) is 3.19. The molecule has 5 rings (SSSR count). The maximum Gasteiger partial charge on any atom is 0.272 e. The van der Waals surface area contributed by atoms with Crippen LogP contribution in [-0.2, 0) is 18.4 Å². The van der Waals surface area contributed by atoms with Gasteiger partial charge >= 0.3 is 0 Å². The van der Waals surface area contributed by atoms with Crippen LogP contribution >= 0.6 is 0 Å². The van der Waals surface area contributed by atoms with Crippen molar-refractivity contribution >= 4 is 16.9 Å². The predicted molar refractivity (Wildman–Crippen MR) is 153 cm³/mol. The molecule has 2 heterocycles. The van der Waals surface area contributed by atoms with E-state index in [1.165, 1.54) is 18.0 Å². The highest BCUT2D eigenvalue weighted by molar-refractivity contribution is 5.92. The van der Waals surface area contributed by atoms with E-state index >= 15 is 0 Å². The smallest absolute Gasteiger partial charge is 0.272 e. The van der Waals surface area contributed by atoms with Gasteiger partial charge in [-0.1, -0.05) is 75.4 Å². The van der Waals surface area contributed by atoms with Crippen molar-refractivity contribution in [1.82, 2.24) is 24.8 Å². The summed E-state index contributed by atoms with van der Waals surface area (Å²) in [4.78, 5) is 26.6. The molecule has 2 aromatic heterocycles. The van der Waals surface area contributed by atoms with Crippen molar-refractivity contribution in [1.29, 1.82) is 0 Å². The summed E-state index contributed by atoms with van der Waals surface area (Å²) in [6.45, 7) is 7.23. The molecule has 0 fully saturated rings. The second kappa shape index (κ2) is 11.1. The molecule has 198 valence electrons. The number of aromatic nitrogens is 4. The van der Waals surface area contributed by atoms with Gasteiger partial charge in [0.05, 0.1) is 30.4 Å². The maximum absolute atomic E-state index is 13.3. The number of hydrogen-bond acceptors (Lipinski definition) is 5. The highest BCUT2D eigenvalue weighted by Gasteiger charge is 2.24. The van der Waals surface area contributed by atoms with Crippen LogP contribution < -0.4 is 10.1 Å². The Balaban J connectivity index is 1.59. The third-order valence-corrected chi connectivity index (χ3v) is 6.84. The van der Waals surface area contributed by atoms with Gasteiger partial charge in [-0.3, -0.25) is 9.78 Å². The SMILES string of the molecule is COc1ccc2nc(C(Cc3ccccc3)NC(=O)c3cnccn3)n(Cc3ccc(C(C)(C)C)cc3)c2c1. The van der Waals surface area contributed by atoms with Gasteiger partial charge in [0.25, 0.3) is 5.91 Å². The van der Waals surface area contributed by atoms with Crippen molar-refractivity contribution in [3.8, 4) is 5.75 Å². The maximum atomic E-state index is 13.3. The average Bonchev–Trinajstić information content (AvgIpc) is 3.30. The molecule has 0 spiro atoms. The van der Waals surface area contributed by atoms with Crippen LogP contribution in [0.2, 0.25) is 0 Å². The fourth-order valence-electron chi connectivity index (χ4n) is 4.68. The van der Waals surface area contributed by atoms with Crippen molar-refractivity contribution < 1.29 is 9.53 Å². The quantitative estimate of drug-likeness (QED) is 0.276. The van der Waals surface area contributed by atoms with Crippen molar-refractivity contribution in [2.24, 2.45) is 0 Å². The molecule has 5 aromatic rings. The minimum atomic E-state index is -0.408. The number of rotatable bonds is 8. The molecule has 1 atom stereocenters. The summed E-state index contributed by atoms with van der Waals surface area (Å²) in [7, 11) is 1.66. The Morgan fingerprint density at radius 2 is 1.74 bits per heavy atom. The Labute approximate surface area is 228 Å². The Hall–Kier alpha value is -4.52. The monoisotopic (exact) mass is 519 g/mol. The first-order valence-corrected chi connectivity index (χ1v) is 13.1. The van der Waals surface area contributed by atoms with Crippen molar-refractivity contribution in [3.63, 3.8) is 0 Å². The van der Waals surface area contributed by atoms with Gasteiger partial charge in [0.2, 0.25) is 0 Å². The van der Waals surface area contributed by atoms with E-state index in [2.05, 4.69) is 77.0 Å². The first kappa shape index (κ1) is 26.1. The first-order chi connectivity index (χ1) is 18.8. The van der Waals surface area contributed by atoms with Crippen molar-refractivity contribution in [3.05, 3.63) is 120 Å². The number of nitrogens with one attached hydrogen (secondary N) is 1. The lowest BCUT2D eigenvalue weighted by molar-refractivity contribution is 0.0928. The fraction of sp³-hybridized carbons (Fsp3) is 0.250. The summed E-state index contributed by atoms with van der Waals surface area (Å²) in [6, 6.07) is 24.3. The van der Waals surface area contributed by atoms with Gasteiger partial charge in [0, 0.05) is 25.0 Å². The molecule has 0 saturated heterocycles. The molecular formula is C32H33N5O2. The third kappa shape index (κ3) is 5.98. The van der Waals surface area contributed by atoms with Crippen LogP contribution in [0.5, 0.6) is 5.75 Å². The number of amides is 1. The van der Waals surface area contributed by atoms with Crippen LogP contribution in [0, 0.1) is 0 Å². The molecule has 0 saturated carbocycles. The van der Waals surface area contributed by atoms with Crippen LogP contribution in [0.1, 0.15) is 59.8 Å². The number of ether oxygens (including phenoxy) is 1. The number of carbonyl (C=O) groups is 1. The number of nitrogens with zero attached hydrogens (tertiary/aromatic N) is 4. The van der Waals surface area contributed by atoms with E-state index in [9.17, 15) is 4.79 Å². The highest BCUT2D eigenvalue weighted by atomic mass is 16.5. The molecule has 0 bridgehead atoms. The number of fused-ring (bicyclic) bond motifs is 1. The third-order valence-electron chi connectivity index (χ3n) is 6.84. The molecule has 0 radical (unpaired) electrons. The number of imidazole rings is 1. The van der Waals surface area contributed by atoms with Crippen LogP contribution in [0.15, 0.2) is 91.4 Å². The first-order valence-electron chi connectivity index (χ1n) is 13.1. The molecule has 3 aromatic carbocycles. The Kier molecular flexibility index (Phi) is 7.41. The van der Waals surface area contributed by atoms with Gasteiger partial charge < -0.3 is 14.6 Å². The molecule has 7 nitrogen and oxygen atoms in total. The molecule has 39 heavy (non-hydrogen) atoms. The van der Waals surface area contributed by atoms with Gasteiger partial charge in [0.1, 0.15) is 17.3 Å². The van der Waals surface area contributed by atoms with E-state index in [-0.39, 0.29) is 17.0 Å². The van der Waals surface area contributed by atoms with Gasteiger partial charge in [0.15, 0.2) is 0 Å². The van der Waals surface area contributed by atoms with Crippen LogP contribution in [0.25, 0.3) is 11.0 Å². The van der Waals surface area contributed by atoms with Crippen LogP contribution in [-0.4, -0.2) is 32.5 Å². The van der Waals surface area contributed by atoms with Crippen molar-refractivity contribution in [2.75, 3.05) is 7.11 Å². The molecule has 7 heteroatoms. The fourth-order valence-corrected chi connectivity index (χ4v) is 4.68. The lowest BCUT2D eigenvalue weighted by atomic mass is 9.87. The van der Waals surface area contributed by atoms with E-state index in [1.807, 2.05) is 36.4 Å². The zero-order chi connectivity index (χ0) is 27.4. The number of hydrogen-bond donors (Lipinski definition) is 1. The van der Waals surface area contributed by atoms with Gasteiger partial charge in [-0.25, -0.2) is 9.97 Å². The Morgan fingerprint density at radius 3 is 2.41 bits per heavy atom. The zero-order valence-corrected chi connectivity index (χ0v) is 22.8. The lowest BCUT2D eigenvalue weighted by Gasteiger charge is -2.21. The Morgan fingerprint density at radius 1 is 0.974 bits per heavy atom. The summed E-state index contributed by atoms with van der Waals surface area (Å²) in [5.41, 5.74) is 5.63. The number of carbonyl (C=O) groups excluding carboxylic acids is 1. The predicted octanol–water partition coefficient (Wildman–Crippen LogP) is 5.89. The van der Waals surface area contributed by atoms with Crippen LogP contribution in [0.4, 0.5) is 0 Å². The van der Waals surface area contributed by atoms with Crippen LogP contribution in [0.3, 0.4) is 0 Å². The summed E-state index contributed by atoms with van der Waals surface area (Å²) in [5.74, 6) is 1.22. The molecule has 1 amide bonds. The topological polar surface area (TPSA) is 81.9 Å². The molecule has 0 aliphatic carbocycles. The molecular weight excluding hydrogens is 486 g/mol. The van der Waals surface area contributed by atoms with E-state index in [0.717, 1.165) is 33.7 Å². The summed E-state index contributed by atoms with van der Waals surface area (Å²) >= 11 is 0. The van der Waals surface area contributed by atoms with E-state index < -0.39 is 6.04 Å². The van der Waals surface area contributed by atoms with Gasteiger partial charge in [-0.05, 0) is 40.7 Å². The standard InChI is InChI=1S/C32H33N5O2/c1-32(2,3)24-12-10-23(11-13-24)21-37-29-19-25(39-4)14-15-26(29)35-30(37)27(18-22-8-6-5-7-9-22)36-31(38)28-20-33-16-17-34-28/h5-17,19-20,27H,18,21H2,1-4H3,(H,36,38). The Bertz CT molecular complexity index is 1560. The van der Waals surface area contributed by atoms with Crippen molar-refractivity contribution in [2.45, 2.75) is 45.2 Å². The second-order valence-corrected chi connectivity index (χ2v) is 10.7. The molecule has 1 N–H and O–H groups in total. The molecule has 0 aliphatic heterocycles. The summed E-state index contributed by atoms with van der Waals surface area (Å²) < 4.78 is 7.72. The average molecular weight is 520 g/mol.